The second-order valence-corrected chi connectivity index (χ2v) is 35.6. The second-order valence-electron chi connectivity index (χ2n) is 35.2. The number of hydrogen-bond donors (Lipinski definition) is 7. The summed E-state index contributed by atoms with van der Waals surface area (Å²) in [6.07, 6.45) is 3.28. The summed E-state index contributed by atoms with van der Waals surface area (Å²) in [7, 11) is 7.49. The molecule has 135 heavy (non-hydrogen) atoms. The largest absolute Gasteiger partial charge is 1.00 e. The number of carboxylic acid groups (broad SMARTS) is 1. The number of halogens is 7. The summed E-state index contributed by atoms with van der Waals surface area (Å²) in [5.41, 5.74) is 9.15. The first-order valence-electron chi connectivity index (χ1n) is 43.5. The number of carbonyl (C=O) groups is 6. The summed E-state index contributed by atoms with van der Waals surface area (Å²) < 4.78 is 134. The van der Waals surface area contributed by atoms with Gasteiger partial charge in [-0.05, 0) is 260 Å². The van der Waals surface area contributed by atoms with Crippen LogP contribution in [0.3, 0.4) is 0 Å². The van der Waals surface area contributed by atoms with Crippen LogP contribution in [0, 0.1) is 76.4 Å². The van der Waals surface area contributed by atoms with Gasteiger partial charge in [-0.2, -0.15) is 0 Å². The zero-order chi connectivity index (χ0) is 97.3. The first-order valence-corrected chi connectivity index (χ1v) is 43.9. The number of hydrogen-bond acceptors (Lipinski definition) is 20. The summed E-state index contributed by atoms with van der Waals surface area (Å²) in [5.74, 6) is -10.9. The number of nitrogens with one attached hydrogen (secondary N) is 6. The number of anilines is 3. The zero-order valence-electron chi connectivity index (χ0n) is 80.1. The van der Waals surface area contributed by atoms with E-state index >= 15 is 0 Å². The van der Waals surface area contributed by atoms with Gasteiger partial charge in [0.1, 0.15) is 92.0 Å². The van der Waals surface area contributed by atoms with Gasteiger partial charge >= 0.3 is 36.8 Å². The van der Waals surface area contributed by atoms with Crippen molar-refractivity contribution in [1.29, 1.82) is 0 Å². The number of aliphatic carboxylic acids is 1. The molecule has 9 aromatic rings. The van der Waals surface area contributed by atoms with Crippen molar-refractivity contribution in [1.82, 2.24) is 29.7 Å². The third-order valence-corrected chi connectivity index (χ3v) is 24.2. The van der Waals surface area contributed by atoms with E-state index in [2.05, 4.69) is 31.9 Å². The molecule has 3 atom stereocenters. The molecule has 0 bridgehead atoms. The van der Waals surface area contributed by atoms with Crippen molar-refractivity contribution < 1.29 is 123 Å². The number of benzene rings is 6. The fourth-order valence-corrected chi connectivity index (χ4v) is 16.3. The number of ether oxygens (including phenoxy) is 7. The Kier molecular flexibility index (Phi) is 38.0. The third kappa shape index (κ3) is 25.4. The molecule has 1 saturated heterocycles. The topological polar surface area (TPSA) is 387 Å². The van der Waals surface area contributed by atoms with Gasteiger partial charge in [-0.1, -0.05) is 41.9 Å². The summed E-state index contributed by atoms with van der Waals surface area (Å²) in [6, 6.07) is 18.5. The predicted octanol–water partition coefficient (Wildman–Crippen LogP) is 12.0. The normalized spacial score (nSPS) is 14.3. The molecule has 4 aliphatic heterocycles. The molecule has 0 saturated carbocycles. The Bertz CT molecular complexity index is 6020. The van der Waals surface area contributed by atoms with Crippen molar-refractivity contribution in [2.24, 2.45) is 21.1 Å². The number of aryl methyl sites for hydroxylation is 6. The van der Waals surface area contributed by atoms with Crippen molar-refractivity contribution in [3.63, 3.8) is 0 Å². The van der Waals surface area contributed by atoms with Crippen LogP contribution >= 0.6 is 11.6 Å². The Morgan fingerprint density at radius 3 is 1.07 bits per heavy atom. The van der Waals surface area contributed by atoms with Crippen LogP contribution in [-0.2, 0) is 93.0 Å². The first kappa shape index (κ1) is 110. The van der Waals surface area contributed by atoms with Crippen LogP contribution in [0.4, 0.5) is 43.4 Å². The van der Waals surface area contributed by atoms with E-state index in [1.165, 1.54) is 18.8 Å². The summed E-state index contributed by atoms with van der Waals surface area (Å²) in [6.45, 7) is 31.3. The second kappa shape index (κ2) is 46.6. The van der Waals surface area contributed by atoms with Gasteiger partial charge in [0.25, 0.3) is 34.4 Å². The van der Waals surface area contributed by atoms with E-state index in [0.717, 1.165) is 111 Å². The number of esters is 2. The maximum absolute atomic E-state index is 14.8. The Labute approximate surface area is 797 Å². The fraction of sp³-hybridized carbons (Fsp3) is 0.424. The average Bonchev–Trinajstić information content (AvgIpc) is 0.784. The van der Waals surface area contributed by atoms with Crippen LogP contribution in [0.25, 0.3) is 22.3 Å². The molecule has 6 aromatic carbocycles. The van der Waals surface area contributed by atoms with Crippen LogP contribution in [-0.4, -0.2) is 147 Å². The number of aromatic nitrogens is 3. The Morgan fingerprint density at radius 1 is 0.459 bits per heavy atom. The van der Waals surface area contributed by atoms with Crippen molar-refractivity contribution in [2.75, 3.05) is 50.0 Å². The molecule has 28 nitrogen and oxygen atoms in total. The number of rotatable bonds is 24. The van der Waals surface area contributed by atoms with Crippen LogP contribution in [0.1, 0.15) is 199 Å². The molecule has 0 aliphatic carbocycles. The average molecular weight is 1900 g/mol. The molecule has 10 N–H and O–H groups in total. The number of nitrogens with zero attached hydrogens (tertiary/aromatic N) is 3. The number of amides is 3. The van der Waals surface area contributed by atoms with Gasteiger partial charge in [-0.15, -0.1) is 0 Å². The molecular formula is C99H119ClF6LiN9O19. The quantitative estimate of drug-likeness (QED) is 0.0168. The van der Waals surface area contributed by atoms with Crippen LogP contribution in [0.2, 0.25) is 5.02 Å². The molecule has 724 valence electrons. The van der Waals surface area contributed by atoms with Crippen LogP contribution in [0.5, 0.6) is 17.2 Å². The van der Waals surface area contributed by atoms with Gasteiger partial charge in [0.05, 0.1) is 61.9 Å². The van der Waals surface area contributed by atoms with E-state index < -0.39 is 123 Å². The minimum Gasteiger partial charge on any atom is -0.870 e. The molecule has 0 radical (unpaired) electrons. The Balaban J connectivity index is 0.000000258. The number of methoxy groups -OCH3 is 2. The van der Waals surface area contributed by atoms with Crippen molar-refractivity contribution in [3.05, 3.63) is 251 Å². The van der Waals surface area contributed by atoms with Crippen LogP contribution < -0.4 is 81.6 Å². The van der Waals surface area contributed by atoms with E-state index in [9.17, 15) is 74.6 Å². The molecule has 7 heterocycles. The molecule has 1 fully saturated rings. The minimum absolute atomic E-state index is 0. The molecule has 3 aromatic heterocycles. The van der Waals surface area contributed by atoms with E-state index in [-0.39, 0.29) is 101 Å². The number of pyridine rings is 3. The summed E-state index contributed by atoms with van der Waals surface area (Å²) in [5, 5.41) is 26.1. The van der Waals surface area contributed by atoms with E-state index in [1.54, 1.807) is 68.4 Å². The van der Waals surface area contributed by atoms with Crippen molar-refractivity contribution in [3.8, 4) is 39.5 Å². The standard InChI is InChI=1S/C31H35F2N3O5.C30H33F2N3O5.C30H38F2N2O6.C8H10ClNO.Li.2H2O/c1-16(2)34-20-14-23(32)27(24(33)15-20)29(37)35-25(31(39)40-6)13-19-9-10-22(28-21(19)8-7-11-41-28)26-17(3)12-18(4)36(5)30(26)38;1-15(2)33-19-13-22(31)26(23(32)14-19)28(36)34-24(30(38)39)12-18-8-9-21(27-20(18)7-6-10-40-27)25-16(3)11-17(4)35(5)29(25)37;1-16(2)33-18-14-21(31)24(22(32)15-18)26(35)34-23(27(36)37-7)13-17-10-11-20(25-19(17)9-8-12-38-25)28-39-29(3,4)30(5,6)40-28;1-5-4-6(2)10(3)8(11)7(5)9;;;/h9-10,12,14-16,25,34H,7-8,11,13H2,1-6H3,(H,35,37);8-9,11,13-15,24,33H,6-7,10,12H2,1-5H3,(H,34,36)(H,38,39);10-11,14-16,23,28,33H,8-9,12-13H2,1-7H3,(H,34,35);4H,1-3H3;;2*1H2/q;;;;+1;;/p-1/t25-;24-;23-;;;;/m000..../s1. The van der Waals surface area contributed by atoms with Gasteiger partial charge in [0.15, 0.2) is 6.29 Å². The maximum Gasteiger partial charge on any atom is 1.00 e. The van der Waals surface area contributed by atoms with Gasteiger partial charge in [0.2, 0.25) is 0 Å². The van der Waals surface area contributed by atoms with Gasteiger partial charge < -0.3 is 94.8 Å². The first-order chi connectivity index (χ1) is 62.1. The molecule has 36 heteroatoms. The minimum atomic E-state index is -1.47. The zero-order valence-corrected chi connectivity index (χ0v) is 80.9. The molecule has 0 unspecified atom stereocenters. The van der Waals surface area contributed by atoms with Gasteiger partial charge in [0, 0.05) is 104 Å². The number of carboxylic acids is 1. The van der Waals surface area contributed by atoms with Gasteiger partial charge in [-0.25, -0.2) is 40.7 Å². The third-order valence-electron chi connectivity index (χ3n) is 23.8. The van der Waals surface area contributed by atoms with Crippen molar-refractivity contribution >= 4 is 64.3 Å². The van der Waals surface area contributed by atoms with E-state index in [1.807, 2.05) is 127 Å². The van der Waals surface area contributed by atoms with E-state index in [0.29, 0.717) is 101 Å². The SMILES string of the molecule is COC(=O)[C@H](Cc1ccc(-c2c(C)cc(C)n(C)c2=O)c2c1CCCO2)NC(=O)c1c(F)cc(NC(C)C)cc1F.COC(=O)[C@H](Cc1ccc(C2OC(C)(C)C(C)(C)O2)c2c1CCCO2)NC(=O)c1c(F)cc(NC(C)C)cc1F.Cc1cc(C)n(C)c(=O)c1-c1ccc(C[C@H](NC(=O)c2c(F)cc(NC(C)C)cc2F)C(=O)O)c2c1OCCC2.Cc1cc(C)n(C)c(=O)c1Cl.O.[Li+].[OH-]. The Morgan fingerprint density at radius 2 is 0.748 bits per heavy atom. The monoisotopic (exact) mass is 1890 g/mol. The van der Waals surface area contributed by atoms with Gasteiger partial charge in [-0.3, -0.25) is 28.8 Å². The molecule has 3 amide bonds. The predicted molar refractivity (Wildman–Crippen MR) is 498 cm³/mol. The summed E-state index contributed by atoms with van der Waals surface area (Å²) in [4.78, 5) is 114. The maximum atomic E-state index is 14.8. The number of carbonyl (C=O) groups excluding carboxylic acids is 5. The Hall–Kier alpha value is -11.9. The van der Waals surface area contributed by atoms with E-state index in [4.69, 9.17) is 44.8 Å². The van der Waals surface area contributed by atoms with Crippen LogP contribution in [0.15, 0.2) is 105 Å². The summed E-state index contributed by atoms with van der Waals surface area (Å²) >= 11 is 5.72. The molecule has 13 rings (SSSR count). The number of fused-ring (bicyclic) bond motifs is 3. The smallest absolute Gasteiger partial charge is 0.870 e. The fourth-order valence-electron chi connectivity index (χ4n) is 16.1. The molecule has 0 spiro atoms. The van der Waals surface area contributed by atoms with Crippen molar-refractivity contribution in [2.45, 2.75) is 222 Å². The molecule has 4 aliphatic rings. The molecular weight excluding hydrogens is 1780 g/mol.